The van der Waals surface area contributed by atoms with Crippen LogP contribution in [0.25, 0.3) is 0 Å². The van der Waals surface area contributed by atoms with Gasteiger partial charge in [0.15, 0.2) is 0 Å². The van der Waals surface area contributed by atoms with E-state index in [0.29, 0.717) is 17.7 Å². The van der Waals surface area contributed by atoms with Crippen molar-refractivity contribution in [3.63, 3.8) is 0 Å². The van der Waals surface area contributed by atoms with Crippen LogP contribution in [-0.4, -0.2) is 35.8 Å². The van der Waals surface area contributed by atoms with E-state index in [0.717, 1.165) is 5.56 Å². The summed E-state index contributed by atoms with van der Waals surface area (Å²) < 4.78 is 4.98. The van der Waals surface area contributed by atoms with E-state index >= 15 is 0 Å². The van der Waals surface area contributed by atoms with Crippen molar-refractivity contribution in [3.05, 3.63) is 71.3 Å². The molecule has 0 N–H and O–H groups in total. The Morgan fingerprint density at radius 1 is 1.12 bits per heavy atom. The van der Waals surface area contributed by atoms with Crippen LogP contribution in [0, 0.1) is 0 Å². The Morgan fingerprint density at radius 2 is 1.79 bits per heavy atom. The first-order valence-corrected chi connectivity index (χ1v) is 8.28. The van der Waals surface area contributed by atoms with Gasteiger partial charge in [0, 0.05) is 18.0 Å². The Bertz CT molecular complexity index is 747. The molecule has 3 rings (SSSR count). The fourth-order valence-corrected chi connectivity index (χ4v) is 3.55. The van der Waals surface area contributed by atoms with Gasteiger partial charge >= 0.3 is 5.97 Å². The molecule has 0 aliphatic carbocycles. The lowest BCUT2D eigenvalue weighted by molar-refractivity contribution is -0.144. The maximum Gasteiger partial charge on any atom is 0.315 e. The largest absolute Gasteiger partial charge is 0.468 e. The number of esters is 1. The molecule has 1 heterocycles. The van der Waals surface area contributed by atoms with Gasteiger partial charge in [-0.15, -0.1) is 11.6 Å². The second-order valence-electron chi connectivity index (χ2n) is 5.73. The maximum absolute atomic E-state index is 13.0. The molecule has 1 aliphatic heterocycles. The van der Waals surface area contributed by atoms with Crippen molar-refractivity contribution in [2.45, 2.75) is 18.5 Å². The van der Waals surface area contributed by atoms with Crippen molar-refractivity contribution in [2.24, 2.45) is 0 Å². The second-order valence-corrected chi connectivity index (χ2v) is 6.04. The molecule has 5 heteroatoms. The highest BCUT2D eigenvalue weighted by molar-refractivity contribution is 6.19. The zero-order chi connectivity index (χ0) is 17.1. The number of nitrogens with zero attached hydrogens (tertiary/aromatic N) is 1. The molecule has 0 fully saturated rings. The van der Waals surface area contributed by atoms with Gasteiger partial charge in [-0.3, -0.25) is 9.59 Å². The fraction of sp³-hybridized carbons (Fsp3) is 0.263. The number of hydrogen-bond donors (Lipinski definition) is 0. The Morgan fingerprint density at radius 3 is 2.46 bits per heavy atom. The van der Waals surface area contributed by atoms with Crippen LogP contribution in [0.1, 0.15) is 27.4 Å². The molecule has 2 aromatic carbocycles. The highest BCUT2D eigenvalue weighted by Crippen LogP contribution is 2.35. The molecule has 1 aliphatic rings. The van der Waals surface area contributed by atoms with Crippen LogP contribution < -0.4 is 0 Å². The number of hydrogen-bond acceptors (Lipinski definition) is 3. The van der Waals surface area contributed by atoms with Gasteiger partial charge in [-0.05, 0) is 17.2 Å². The van der Waals surface area contributed by atoms with E-state index in [-0.39, 0.29) is 17.8 Å². The Balaban J connectivity index is 2.06. The van der Waals surface area contributed by atoms with Gasteiger partial charge in [-0.2, -0.15) is 0 Å². The van der Waals surface area contributed by atoms with Crippen molar-refractivity contribution in [2.75, 3.05) is 13.0 Å². The summed E-state index contributed by atoms with van der Waals surface area (Å²) in [4.78, 5) is 27.0. The molecular formula is C19H18ClNO3. The lowest BCUT2D eigenvalue weighted by atomic mass is 9.83. The minimum Gasteiger partial charge on any atom is -0.468 e. The Kier molecular flexibility index (Phi) is 4.86. The topological polar surface area (TPSA) is 46.6 Å². The first-order chi connectivity index (χ1) is 11.7. The summed E-state index contributed by atoms with van der Waals surface area (Å²) in [6, 6.07) is 16.4. The van der Waals surface area contributed by atoms with Crippen LogP contribution in [-0.2, 0) is 16.1 Å². The van der Waals surface area contributed by atoms with Gasteiger partial charge < -0.3 is 9.64 Å². The average Bonchev–Trinajstić information content (AvgIpc) is 2.64. The molecule has 124 valence electrons. The van der Waals surface area contributed by atoms with Crippen molar-refractivity contribution in [1.82, 2.24) is 4.90 Å². The van der Waals surface area contributed by atoms with E-state index in [4.69, 9.17) is 16.3 Å². The van der Waals surface area contributed by atoms with Crippen LogP contribution in [0.3, 0.4) is 0 Å². The SMILES string of the molecule is COC(=O)C1c2ccccc2C(=O)N(Cc2ccccc2)C1CCl. The standard InChI is InChI=1S/C19H18ClNO3/c1-24-19(23)17-14-9-5-6-10-15(14)18(22)21(16(17)11-20)12-13-7-3-2-4-8-13/h2-10,16-17H,11-12H2,1H3. The van der Waals surface area contributed by atoms with Gasteiger partial charge in [-0.1, -0.05) is 48.5 Å². The highest BCUT2D eigenvalue weighted by Gasteiger charge is 2.43. The van der Waals surface area contributed by atoms with Gasteiger partial charge in [0.05, 0.1) is 13.2 Å². The quantitative estimate of drug-likeness (QED) is 0.632. The van der Waals surface area contributed by atoms with E-state index in [1.807, 2.05) is 36.4 Å². The summed E-state index contributed by atoms with van der Waals surface area (Å²) >= 11 is 6.17. The Hall–Kier alpha value is -2.33. The number of amides is 1. The molecule has 0 saturated carbocycles. The summed E-state index contributed by atoms with van der Waals surface area (Å²) in [6.07, 6.45) is 0. The summed E-state index contributed by atoms with van der Waals surface area (Å²) in [7, 11) is 1.36. The second kappa shape index (κ2) is 7.05. The lowest BCUT2D eigenvalue weighted by Gasteiger charge is -2.40. The zero-order valence-corrected chi connectivity index (χ0v) is 14.1. The Labute approximate surface area is 146 Å². The predicted molar refractivity (Wildman–Crippen MR) is 92.0 cm³/mol. The van der Waals surface area contributed by atoms with Crippen molar-refractivity contribution >= 4 is 23.5 Å². The third-order valence-electron chi connectivity index (χ3n) is 4.38. The van der Waals surface area contributed by atoms with Gasteiger partial charge in [-0.25, -0.2) is 0 Å². The molecule has 24 heavy (non-hydrogen) atoms. The van der Waals surface area contributed by atoms with Gasteiger partial charge in [0.25, 0.3) is 5.91 Å². The third kappa shape index (κ3) is 2.89. The van der Waals surface area contributed by atoms with Crippen LogP contribution in [0.4, 0.5) is 0 Å². The first kappa shape index (κ1) is 16.5. The number of carbonyl (C=O) groups excluding carboxylic acids is 2. The molecule has 0 radical (unpaired) electrons. The first-order valence-electron chi connectivity index (χ1n) is 7.75. The molecule has 4 nitrogen and oxygen atoms in total. The van der Waals surface area contributed by atoms with E-state index in [9.17, 15) is 9.59 Å². The van der Waals surface area contributed by atoms with Gasteiger partial charge in [0.1, 0.15) is 5.92 Å². The van der Waals surface area contributed by atoms with Crippen LogP contribution in [0.15, 0.2) is 54.6 Å². The average molecular weight is 344 g/mol. The summed E-state index contributed by atoms with van der Waals surface area (Å²) in [5.41, 5.74) is 2.21. The smallest absolute Gasteiger partial charge is 0.315 e. The summed E-state index contributed by atoms with van der Waals surface area (Å²) in [5.74, 6) is -0.906. The molecule has 0 bridgehead atoms. The third-order valence-corrected chi connectivity index (χ3v) is 4.70. The minimum absolute atomic E-state index is 0.111. The van der Waals surface area contributed by atoms with Crippen LogP contribution >= 0.6 is 11.6 Å². The van der Waals surface area contributed by atoms with Gasteiger partial charge in [0.2, 0.25) is 0 Å². The fourth-order valence-electron chi connectivity index (χ4n) is 3.21. The molecule has 2 aromatic rings. The maximum atomic E-state index is 13.0. The molecule has 0 aromatic heterocycles. The van der Waals surface area contributed by atoms with Crippen LogP contribution in [0.5, 0.6) is 0 Å². The summed E-state index contributed by atoms with van der Waals surface area (Å²) in [5, 5.41) is 0. The molecular weight excluding hydrogens is 326 g/mol. The van der Waals surface area contributed by atoms with E-state index in [2.05, 4.69) is 0 Å². The normalized spacial score (nSPS) is 19.8. The lowest BCUT2D eigenvalue weighted by Crippen LogP contribution is -2.51. The number of methoxy groups -OCH3 is 1. The van der Waals surface area contributed by atoms with E-state index in [1.165, 1.54) is 7.11 Å². The van der Waals surface area contributed by atoms with Crippen LogP contribution in [0.2, 0.25) is 0 Å². The monoisotopic (exact) mass is 343 g/mol. The number of ether oxygens (including phenoxy) is 1. The van der Waals surface area contributed by atoms with E-state index < -0.39 is 12.0 Å². The molecule has 2 unspecified atom stereocenters. The predicted octanol–water partition coefficient (Wildman–Crippen LogP) is 3.21. The molecule has 2 atom stereocenters. The molecule has 1 amide bonds. The number of rotatable bonds is 4. The number of carbonyl (C=O) groups is 2. The molecule has 0 saturated heterocycles. The van der Waals surface area contributed by atoms with Crippen molar-refractivity contribution in [3.8, 4) is 0 Å². The number of halogens is 1. The van der Waals surface area contributed by atoms with E-state index in [1.54, 1.807) is 23.1 Å². The summed E-state index contributed by atoms with van der Waals surface area (Å²) in [6.45, 7) is 0.402. The zero-order valence-electron chi connectivity index (χ0n) is 13.3. The minimum atomic E-state index is -0.579. The van der Waals surface area contributed by atoms with Crippen molar-refractivity contribution < 1.29 is 14.3 Å². The number of fused-ring (bicyclic) bond motifs is 1. The highest BCUT2D eigenvalue weighted by atomic mass is 35.5. The van der Waals surface area contributed by atoms with Crippen molar-refractivity contribution in [1.29, 1.82) is 0 Å². The molecule has 0 spiro atoms. The number of alkyl halides is 1. The number of benzene rings is 2.